The Balaban J connectivity index is 2.01. The van der Waals surface area contributed by atoms with E-state index in [1.165, 1.54) is 5.56 Å². The lowest BCUT2D eigenvalue weighted by molar-refractivity contribution is -0.688. The van der Waals surface area contributed by atoms with Gasteiger partial charge in [0.05, 0.1) is 5.39 Å². The molecule has 2 nitrogen and oxygen atoms in total. The summed E-state index contributed by atoms with van der Waals surface area (Å²) < 4.78 is 2.10. The molecule has 0 radical (unpaired) electrons. The topological polar surface area (TPSA) is 20.9 Å². The smallest absolute Gasteiger partial charge is 0.256 e. The third-order valence-corrected chi connectivity index (χ3v) is 4.40. The van der Waals surface area contributed by atoms with Crippen LogP contribution in [-0.2, 0) is 6.54 Å². The number of carbonyl (C=O) groups is 1. The third kappa shape index (κ3) is 3.70. The molecule has 0 fully saturated rings. The number of hydrogen-bond acceptors (Lipinski definition) is 1. The van der Waals surface area contributed by atoms with E-state index in [0.29, 0.717) is 6.42 Å². The predicted octanol–water partition coefficient (Wildman–Crippen LogP) is 4.94. The van der Waals surface area contributed by atoms with Crippen molar-refractivity contribution in [2.75, 3.05) is 0 Å². The quantitative estimate of drug-likeness (QED) is 0.343. The number of nitrogens with zero attached hydrogens (tertiary/aromatic N) is 1. The normalized spacial score (nSPS) is 10.9. The maximum absolute atomic E-state index is 12.9. The first-order chi connectivity index (χ1) is 11.8. The average Bonchev–Trinajstić information content (AvgIpc) is 2.62. The highest BCUT2D eigenvalue weighted by Crippen LogP contribution is 2.18. The van der Waals surface area contributed by atoms with Gasteiger partial charge in [-0.25, -0.2) is 0 Å². The van der Waals surface area contributed by atoms with Crippen LogP contribution in [0, 0.1) is 0 Å². The lowest BCUT2D eigenvalue weighted by atomic mass is 10.0. The van der Waals surface area contributed by atoms with E-state index >= 15 is 0 Å². The van der Waals surface area contributed by atoms with Gasteiger partial charge in [0.2, 0.25) is 5.78 Å². The number of aromatic nitrogens is 1. The highest BCUT2D eigenvalue weighted by molar-refractivity contribution is 6.04. The Morgan fingerprint density at radius 1 is 0.917 bits per heavy atom. The zero-order chi connectivity index (χ0) is 16.8. The summed E-state index contributed by atoms with van der Waals surface area (Å²) in [6.07, 6.45) is 5.87. The Morgan fingerprint density at radius 3 is 2.46 bits per heavy atom. The van der Waals surface area contributed by atoms with Crippen LogP contribution in [0.2, 0.25) is 0 Å². The summed E-state index contributed by atoms with van der Waals surface area (Å²) >= 11 is 0. The predicted molar refractivity (Wildman–Crippen MR) is 98.2 cm³/mol. The summed E-state index contributed by atoms with van der Waals surface area (Å²) in [6.45, 7) is 2.89. The van der Waals surface area contributed by atoms with Gasteiger partial charge in [0.1, 0.15) is 0 Å². The molecular formula is C22H24NO+. The second kappa shape index (κ2) is 7.87. The Morgan fingerprint density at radius 2 is 1.67 bits per heavy atom. The van der Waals surface area contributed by atoms with Crippen molar-refractivity contribution in [1.29, 1.82) is 0 Å². The van der Waals surface area contributed by atoms with Crippen molar-refractivity contribution in [3.63, 3.8) is 0 Å². The maximum atomic E-state index is 12.9. The zero-order valence-corrected chi connectivity index (χ0v) is 14.2. The fraction of sp³-hybridized carbons (Fsp3) is 0.273. The van der Waals surface area contributed by atoms with Crippen molar-refractivity contribution in [3.8, 4) is 0 Å². The molecule has 0 bridgehead atoms. The SMILES string of the molecule is CCCCCC(=O)c1c2ccccc2cc[n+]1Cc1ccccc1. The number of ketones is 1. The van der Waals surface area contributed by atoms with Crippen molar-refractivity contribution < 1.29 is 9.36 Å². The van der Waals surface area contributed by atoms with Gasteiger partial charge in [0.15, 0.2) is 12.7 Å². The van der Waals surface area contributed by atoms with Crippen molar-refractivity contribution in [3.05, 3.63) is 78.1 Å². The molecule has 2 heteroatoms. The van der Waals surface area contributed by atoms with E-state index in [9.17, 15) is 4.79 Å². The molecule has 0 saturated heterocycles. The first-order valence-electron chi connectivity index (χ1n) is 8.78. The van der Waals surface area contributed by atoms with Crippen LogP contribution in [0.1, 0.15) is 48.7 Å². The lowest BCUT2D eigenvalue weighted by Gasteiger charge is -2.07. The second-order valence-corrected chi connectivity index (χ2v) is 6.25. The van der Waals surface area contributed by atoms with Crippen LogP contribution < -0.4 is 4.57 Å². The van der Waals surface area contributed by atoms with E-state index in [0.717, 1.165) is 42.3 Å². The summed E-state index contributed by atoms with van der Waals surface area (Å²) in [5.41, 5.74) is 2.05. The number of rotatable bonds is 7. The van der Waals surface area contributed by atoms with Crippen molar-refractivity contribution in [2.24, 2.45) is 0 Å². The Labute approximate surface area is 143 Å². The molecule has 0 aliphatic heterocycles. The summed E-state index contributed by atoms with van der Waals surface area (Å²) in [6, 6.07) is 20.6. The fourth-order valence-corrected chi connectivity index (χ4v) is 3.13. The monoisotopic (exact) mass is 318 g/mol. The minimum atomic E-state index is 0.246. The highest BCUT2D eigenvalue weighted by Gasteiger charge is 2.22. The van der Waals surface area contributed by atoms with Gasteiger partial charge >= 0.3 is 0 Å². The van der Waals surface area contributed by atoms with Crippen molar-refractivity contribution in [2.45, 2.75) is 39.2 Å². The van der Waals surface area contributed by atoms with Crippen LogP contribution in [0.5, 0.6) is 0 Å². The van der Waals surface area contributed by atoms with Crippen LogP contribution in [0.3, 0.4) is 0 Å². The van der Waals surface area contributed by atoms with E-state index in [4.69, 9.17) is 0 Å². The summed E-state index contributed by atoms with van der Waals surface area (Å²) in [5, 5.41) is 2.18. The molecule has 1 aromatic heterocycles. The van der Waals surface area contributed by atoms with Gasteiger partial charge < -0.3 is 0 Å². The minimum Gasteiger partial charge on any atom is -0.287 e. The van der Waals surface area contributed by atoms with Gasteiger partial charge in [-0.15, -0.1) is 0 Å². The number of pyridine rings is 1. The van der Waals surface area contributed by atoms with Gasteiger partial charge in [0.25, 0.3) is 5.69 Å². The van der Waals surface area contributed by atoms with Crippen LogP contribution in [-0.4, -0.2) is 5.78 Å². The molecule has 0 amide bonds. The molecule has 0 N–H and O–H groups in total. The molecule has 0 unspecified atom stereocenters. The number of fused-ring (bicyclic) bond motifs is 1. The Hall–Kier alpha value is -2.48. The molecule has 0 spiro atoms. The van der Waals surface area contributed by atoms with E-state index in [2.05, 4.69) is 41.8 Å². The van der Waals surface area contributed by atoms with Gasteiger partial charge in [0, 0.05) is 18.1 Å². The van der Waals surface area contributed by atoms with Crippen LogP contribution >= 0.6 is 0 Å². The average molecular weight is 318 g/mol. The van der Waals surface area contributed by atoms with Gasteiger partial charge in [-0.1, -0.05) is 68.3 Å². The first kappa shape index (κ1) is 16.4. The van der Waals surface area contributed by atoms with Crippen LogP contribution in [0.4, 0.5) is 0 Å². The number of hydrogen-bond donors (Lipinski definition) is 0. The third-order valence-electron chi connectivity index (χ3n) is 4.40. The maximum Gasteiger partial charge on any atom is 0.256 e. The standard InChI is InChI=1S/C22H24NO/c1-2-3-5-14-21(24)22-20-13-9-8-12-19(20)15-16-23(22)17-18-10-6-4-7-11-18/h4,6-13,15-16H,2-3,5,14,17H2,1H3/q+1. The summed E-state index contributed by atoms with van der Waals surface area (Å²) in [5.74, 6) is 0.246. The van der Waals surface area contributed by atoms with Crippen LogP contribution in [0.15, 0.2) is 66.9 Å². The molecule has 2 aromatic carbocycles. The molecule has 0 aliphatic rings. The minimum absolute atomic E-state index is 0.246. The number of unbranched alkanes of at least 4 members (excludes halogenated alkanes) is 2. The molecule has 3 rings (SSSR count). The van der Waals surface area contributed by atoms with Gasteiger partial charge in [-0.3, -0.25) is 4.79 Å². The summed E-state index contributed by atoms with van der Waals surface area (Å²) in [7, 11) is 0. The summed E-state index contributed by atoms with van der Waals surface area (Å²) in [4.78, 5) is 12.9. The van der Waals surface area contributed by atoms with Crippen molar-refractivity contribution in [1.82, 2.24) is 0 Å². The van der Waals surface area contributed by atoms with E-state index < -0.39 is 0 Å². The fourth-order valence-electron chi connectivity index (χ4n) is 3.13. The number of benzene rings is 2. The molecule has 0 aliphatic carbocycles. The molecule has 1 heterocycles. The lowest BCUT2D eigenvalue weighted by Crippen LogP contribution is -2.41. The van der Waals surface area contributed by atoms with Crippen LogP contribution in [0.25, 0.3) is 10.8 Å². The Bertz CT molecular complexity index is 824. The molecule has 0 atom stereocenters. The number of carbonyl (C=O) groups excluding carboxylic acids is 1. The molecular weight excluding hydrogens is 294 g/mol. The highest BCUT2D eigenvalue weighted by atomic mass is 16.1. The molecule has 122 valence electrons. The molecule has 3 aromatic rings. The van der Waals surface area contributed by atoms with E-state index in [1.54, 1.807) is 0 Å². The Kier molecular flexibility index (Phi) is 5.37. The van der Waals surface area contributed by atoms with Crippen molar-refractivity contribution >= 4 is 16.6 Å². The second-order valence-electron chi connectivity index (χ2n) is 6.25. The van der Waals surface area contributed by atoms with Gasteiger partial charge in [-0.2, -0.15) is 4.57 Å². The number of Topliss-reactive ketones (excluding diaryl/α,β-unsaturated/α-hetero) is 1. The van der Waals surface area contributed by atoms with Gasteiger partial charge in [-0.05, 0) is 17.9 Å². The molecule has 24 heavy (non-hydrogen) atoms. The molecule has 0 saturated carbocycles. The van der Waals surface area contributed by atoms with E-state index in [1.807, 2.05) is 36.5 Å². The largest absolute Gasteiger partial charge is 0.287 e. The zero-order valence-electron chi connectivity index (χ0n) is 14.2. The first-order valence-corrected chi connectivity index (χ1v) is 8.78. The van der Waals surface area contributed by atoms with E-state index in [-0.39, 0.29) is 5.78 Å².